The summed E-state index contributed by atoms with van der Waals surface area (Å²) in [6.45, 7) is 1.08. The van der Waals surface area contributed by atoms with E-state index in [-0.39, 0.29) is 5.91 Å². The number of anilines is 1. The van der Waals surface area contributed by atoms with Crippen LogP contribution in [0.3, 0.4) is 0 Å². The van der Waals surface area contributed by atoms with Gasteiger partial charge in [0.25, 0.3) is 0 Å². The Morgan fingerprint density at radius 2 is 1.96 bits per heavy atom. The Bertz CT molecular complexity index is 697. The maximum atomic E-state index is 12.7. The standard InChI is InChI=1S/C20H28N4O2/c25-20(22-19-11-12-21-24(19)17-8-3-4-9-17)15-23(16-6-1-2-7-16)14-18-10-5-13-26-18/h5,10-13,16-17H,1-4,6-9,14-15H2,(H,22,25). The first-order chi connectivity index (χ1) is 12.8. The number of carbonyl (C=O) groups is 1. The molecule has 2 aromatic rings. The van der Waals surface area contributed by atoms with Gasteiger partial charge in [0.05, 0.1) is 31.6 Å². The first kappa shape index (κ1) is 17.3. The van der Waals surface area contributed by atoms with Crippen LogP contribution in [-0.4, -0.2) is 33.2 Å². The van der Waals surface area contributed by atoms with Gasteiger partial charge in [0.15, 0.2) is 0 Å². The molecule has 2 fully saturated rings. The topological polar surface area (TPSA) is 63.3 Å². The van der Waals surface area contributed by atoms with Gasteiger partial charge in [0.1, 0.15) is 11.6 Å². The van der Waals surface area contributed by atoms with E-state index >= 15 is 0 Å². The van der Waals surface area contributed by atoms with Crippen LogP contribution in [0.2, 0.25) is 0 Å². The molecule has 0 unspecified atom stereocenters. The average molecular weight is 356 g/mol. The molecule has 2 aliphatic carbocycles. The van der Waals surface area contributed by atoms with Crippen molar-refractivity contribution >= 4 is 11.7 Å². The minimum atomic E-state index is 0.0307. The average Bonchev–Trinajstić information content (AvgIpc) is 3.40. The van der Waals surface area contributed by atoms with Crippen molar-refractivity contribution in [1.29, 1.82) is 0 Å². The molecule has 0 spiro atoms. The molecular formula is C20H28N4O2. The second kappa shape index (κ2) is 8.08. The molecule has 6 heteroatoms. The molecule has 0 radical (unpaired) electrons. The molecule has 2 saturated carbocycles. The first-order valence-corrected chi connectivity index (χ1v) is 9.89. The molecule has 1 amide bonds. The van der Waals surface area contributed by atoms with E-state index in [1.165, 1.54) is 25.7 Å². The fourth-order valence-corrected chi connectivity index (χ4v) is 4.41. The molecular weight excluding hydrogens is 328 g/mol. The van der Waals surface area contributed by atoms with Crippen molar-refractivity contribution in [2.75, 3.05) is 11.9 Å². The number of carbonyl (C=O) groups excluding carboxylic acids is 1. The summed E-state index contributed by atoms with van der Waals surface area (Å²) in [7, 11) is 0. The molecule has 0 atom stereocenters. The molecule has 2 heterocycles. The maximum absolute atomic E-state index is 12.7. The minimum Gasteiger partial charge on any atom is -0.468 e. The largest absolute Gasteiger partial charge is 0.468 e. The van der Waals surface area contributed by atoms with E-state index in [0.29, 0.717) is 25.2 Å². The Morgan fingerprint density at radius 3 is 2.69 bits per heavy atom. The van der Waals surface area contributed by atoms with Crippen LogP contribution in [0.15, 0.2) is 35.1 Å². The van der Waals surface area contributed by atoms with Crippen LogP contribution in [0.25, 0.3) is 0 Å². The van der Waals surface area contributed by atoms with E-state index in [4.69, 9.17) is 4.42 Å². The lowest BCUT2D eigenvalue weighted by Gasteiger charge is -2.27. The van der Waals surface area contributed by atoms with Gasteiger partial charge in [0, 0.05) is 12.1 Å². The summed E-state index contributed by atoms with van der Waals surface area (Å²) in [5, 5.41) is 7.53. The maximum Gasteiger partial charge on any atom is 0.239 e. The molecule has 140 valence electrons. The fourth-order valence-electron chi connectivity index (χ4n) is 4.41. The summed E-state index contributed by atoms with van der Waals surface area (Å²) in [5.41, 5.74) is 0. The lowest BCUT2D eigenvalue weighted by Crippen LogP contribution is -2.39. The monoisotopic (exact) mass is 356 g/mol. The van der Waals surface area contributed by atoms with Gasteiger partial charge in [0.2, 0.25) is 5.91 Å². The Labute approximate surface area is 154 Å². The zero-order valence-corrected chi connectivity index (χ0v) is 15.3. The molecule has 0 aliphatic heterocycles. The number of furan rings is 1. The van der Waals surface area contributed by atoms with Crippen LogP contribution in [0.5, 0.6) is 0 Å². The summed E-state index contributed by atoms with van der Waals surface area (Å²) in [5.74, 6) is 1.77. The van der Waals surface area contributed by atoms with Crippen molar-refractivity contribution < 1.29 is 9.21 Å². The summed E-state index contributed by atoms with van der Waals surface area (Å²) >= 11 is 0. The molecule has 2 aromatic heterocycles. The number of aromatic nitrogens is 2. The second-order valence-corrected chi connectivity index (χ2v) is 7.57. The third-order valence-corrected chi connectivity index (χ3v) is 5.74. The lowest BCUT2D eigenvalue weighted by molar-refractivity contribution is -0.118. The van der Waals surface area contributed by atoms with Crippen molar-refractivity contribution in [3.63, 3.8) is 0 Å². The minimum absolute atomic E-state index is 0.0307. The molecule has 4 rings (SSSR count). The van der Waals surface area contributed by atoms with Crippen molar-refractivity contribution in [2.24, 2.45) is 0 Å². The Morgan fingerprint density at radius 1 is 1.19 bits per heavy atom. The van der Waals surface area contributed by atoms with Crippen LogP contribution in [-0.2, 0) is 11.3 Å². The van der Waals surface area contributed by atoms with E-state index in [9.17, 15) is 4.79 Å². The van der Waals surface area contributed by atoms with Crippen LogP contribution in [0, 0.1) is 0 Å². The molecule has 0 saturated heterocycles. The second-order valence-electron chi connectivity index (χ2n) is 7.57. The summed E-state index contributed by atoms with van der Waals surface area (Å²) < 4.78 is 7.51. The highest BCUT2D eigenvalue weighted by molar-refractivity contribution is 5.91. The summed E-state index contributed by atoms with van der Waals surface area (Å²) in [6.07, 6.45) is 13.1. The van der Waals surface area contributed by atoms with Crippen LogP contribution in [0.4, 0.5) is 5.82 Å². The van der Waals surface area contributed by atoms with Gasteiger partial charge >= 0.3 is 0 Å². The first-order valence-electron chi connectivity index (χ1n) is 9.89. The Balaban J connectivity index is 1.40. The lowest BCUT2D eigenvalue weighted by atomic mass is 10.2. The quantitative estimate of drug-likeness (QED) is 0.815. The van der Waals surface area contributed by atoms with E-state index in [1.807, 2.05) is 22.9 Å². The van der Waals surface area contributed by atoms with Gasteiger partial charge in [-0.15, -0.1) is 0 Å². The zero-order valence-electron chi connectivity index (χ0n) is 15.3. The molecule has 6 nitrogen and oxygen atoms in total. The summed E-state index contributed by atoms with van der Waals surface area (Å²) in [6, 6.07) is 6.68. The van der Waals surface area contributed by atoms with Gasteiger partial charge in [-0.2, -0.15) is 5.10 Å². The van der Waals surface area contributed by atoms with Crippen molar-refractivity contribution in [3.05, 3.63) is 36.4 Å². The molecule has 1 N–H and O–H groups in total. The number of amides is 1. The van der Waals surface area contributed by atoms with E-state index in [2.05, 4.69) is 15.3 Å². The fraction of sp³-hybridized carbons (Fsp3) is 0.600. The van der Waals surface area contributed by atoms with Gasteiger partial charge in [-0.1, -0.05) is 25.7 Å². The van der Waals surface area contributed by atoms with Crippen LogP contribution < -0.4 is 5.32 Å². The van der Waals surface area contributed by atoms with Gasteiger partial charge in [-0.3, -0.25) is 9.69 Å². The number of hydrogen-bond donors (Lipinski definition) is 1. The number of hydrogen-bond acceptors (Lipinski definition) is 4. The predicted octanol–water partition coefficient (Wildman–Crippen LogP) is 3.97. The molecule has 26 heavy (non-hydrogen) atoms. The van der Waals surface area contributed by atoms with E-state index < -0.39 is 0 Å². The molecule has 2 aliphatic rings. The normalized spacial score (nSPS) is 18.8. The van der Waals surface area contributed by atoms with Gasteiger partial charge in [-0.05, 0) is 37.8 Å². The Kier molecular flexibility index (Phi) is 5.39. The van der Waals surface area contributed by atoms with Gasteiger partial charge in [-0.25, -0.2) is 4.68 Å². The Hall–Kier alpha value is -2.08. The molecule has 0 bridgehead atoms. The van der Waals surface area contributed by atoms with E-state index in [0.717, 1.165) is 37.3 Å². The SMILES string of the molecule is O=C(CN(Cc1ccco1)C1CCCC1)Nc1ccnn1C1CCCC1. The third-order valence-electron chi connectivity index (χ3n) is 5.74. The van der Waals surface area contributed by atoms with Crippen molar-refractivity contribution in [3.8, 4) is 0 Å². The number of rotatable bonds is 7. The highest BCUT2D eigenvalue weighted by atomic mass is 16.3. The van der Waals surface area contributed by atoms with Gasteiger partial charge < -0.3 is 9.73 Å². The smallest absolute Gasteiger partial charge is 0.239 e. The van der Waals surface area contributed by atoms with Crippen LogP contribution in [0.1, 0.15) is 63.2 Å². The molecule has 0 aromatic carbocycles. The van der Waals surface area contributed by atoms with Crippen LogP contribution >= 0.6 is 0 Å². The predicted molar refractivity (Wildman–Crippen MR) is 99.7 cm³/mol. The third kappa shape index (κ3) is 4.01. The van der Waals surface area contributed by atoms with Crippen molar-refractivity contribution in [1.82, 2.24) is 14.7 Å². The van der Waals surface area contributed by atoms with Crippen molar-refractivity contribution in [2.45, 2.75) is 70.0 Å². The number of nitrogens with one attached hydrogen (secondary N) is 1. The summed E-state index contributed by atoms with van der Waals surface area (Å²) in [4.78, 5) is 15.0. The van der Waals surface area contributed by atoms with E-state index in [1.54, 1.807) is 12.5 Å². The zero-order chi connectivity index (χ0) is 17.8. The highest BCUT2D eigenvalue weighted by Gasteiger charge is 2.26. The number of nitrogens with zero attached hydrogens (tertiary/aromatic N) is 3. The highest BCUT2D eigenvalue weighted by Crippen LogP contribution is 2.31.